The Kier molecular flexibility index (Phi) is 3.35. The lowest BCUT2D eigenvalue weighted by Crippen LogP contribution is -2.26. The third-order valence-corrected chi connectivity index (χ3v) is 3.63. The van der Waals surface area contributed by atoms with Crippen LogP contribution in [0.3, 0.4) is 0 Å². The second-order valence-corrected chi connectivity index (χ2v) is 5.15. The molecule has 3 rings (SSSR count). The molecular formula is C14H12F3N5O. The highest BCUT2D eigenvalue weighted by Crippen LogP contribution is 2.40. The zero-order valence-electron chi connectivity index (χ0n) is 11.7. The number of nitrogens with zero attached hydrogens (tertiary/aromatic N) is 2. The van der Waals surface area contributed by atoms with Gasteiger partial charge in [0.2, 0.25) is 11.9 Å². The minimum absolute atomic E-state index is 0.0375. The number of carbonyl (C=O) groups excluding carboxylic acids is 1. The van der Waals surface area contributed by atoms with Crippen molar-refractivity contribution in [1.29, 1.82) is 0 Å². The number of benzene rings is 1. The van der Waals surface area contributed by atoms with Gasteiger partial charge in [0.25, 0.3) is 0 Å². The normalized spacial score (nSPS) is 17.5. The summed E-state index contributed by atoms with van der Waals surface area (Å²) in [6.45, 7) is 0. The van der Waals surface area contributed by atoms with Gasteiger partial charge >= 0.3 is 6.18 Å². The largest absolute Gasteiger partial charge is 0.416 e. The first-order valence-corrected chi connectivity index (χ1v) is 6.65. The molecular weight excluding hydrogens is 311 g/mol. The van der Waals surface area contributed by atoms with Crippen LogP contribution in [0.1, 0.15) is 29.0 Å². The molecule has 6 nitrogen and oxygen atoms in total. The van der Waals surface area contributed by atoms with Gasteiger partial charge in [0, 0.05) is 17.9 Å². The molecule has 2 aromatic rings. The van der Waals surface area contributed by atoms with Crippen molar-refractivity contribution in [3.8, 4) is 0 Å². The van der Waals surface area contributed by atoms with E-state index in [1.54, 1.807) is 0 Å². The molecule has 0 bridgehead atoms. The molecule has 0 aliphatic carbocycles. The molecule has 5 N–H and O–H groups in total. The number of fused-ring (bicyclic) bond motifs is 1. The minimum Gasteiger partial charge on any atom is -0.383 e. The number of nitrogen functional groups attached to an aromatic ring is 2. The first kappa shape index (κ1) is 15.1. The van der Waals surface area contributed by atoms with E-state index >= 15 is 0 Å². The minimum atomic E-state index is -4.42. The highest BCUT2D eigenvalue weighted by atomic mass is 19.4. The Labute approximate surface area is 128 Å². The van der Waals surface area contributed by atoms with Gasteiger partial charge in [0.15, 0.2) is 0 Å². The van der Waals surface area contributed by atoms with Gasteiger partial charge in [-0.25, -0.2) is 0 Å². The second-order valence-electron chi connectivity index (χ2n) is 5.15. The second kappa shape index (κ2) is 5.11. The van der Waals surface area contributed by atoms with Crippen LogP contribution in [0.2, 0.25) is 0 Å². The van der Waals surface area contributed by atoms with E-state index < -0.39 is 17.7 Å². The molecule has 0 radical (unpaired) electrons. The third kappa shape index (κ3) is 2.77. The van der Waals surface area contributed by atoms with E-state index in [0.29, 0.717) is 11.1 Å². The van der Waals surface area contributed by atoms with Gasteiger partial charge in [-0.05, 0) is 17.7 Å². The van der Waals surface area contributed by atoms with Crippen LogP contribution in [-0.4, -0.2) is 15.9 Å². The van der Waals surface area contributed by atoms with Crippen LogP contribution in [0.25, 0.3) is 0 Å². The molecule has 23 heavy (non-hydrogen) atoms. The summed E-state index contributed by atoms with van der Waals surface area (Å²) in [5.41, 5.74) is 11.6. The maximum atomic E-state index is 12.7. The Bertz CT molecular complexity index is 773. The zero-order chi connectivity index (χ0) is 16.8. The van der Waals surface area contributed by atoms with Gasteiger partial charge in [-0.2, -0.15) is 23.1 Å². The Morgan fingerprint density at radius 2 is 1.78 bits per heavy atom. The van der Waals surface area contributed by atoms with Crippen molar-refractivity contribution in [3.05, 3.63) is 41.0 Å². The molecule has 1 aromatic carbocycles. The van der Waals surface area contributed by atoms with Crippen molar-refractivity contribution < 1.29 is 18.0 Å². The van der Waals surface area contributed by atoms with Crippen molar-refractivity contribution in [1.82, 2.24) is 9.97 Å². The lowest BCUT2D eigenvalue weighted by molar-refractivity contribution is -0.137. The van der Waals surface area contributed by atoms with Gasteiger partial charge in [0.05, 0.1) is 5.56 Å². The lowest BCUT2D eigenvalue weighted by Gasteiger charge is -2.26. The number of aromatic nitrogens is 2. The number of rotatable bonds is 1. The molecule has 0 fully saturated rings. The lowest BCUT2D eigenvalue weighted by atomic mass is 9.86. The Morgan fingerprint density at radius 3 is 2.39 bits per heavy atom. The quantitative estimate of drug-likeness (QED) is 0.745. The Balaban J connectivity index is 2.06. The average molecular weight is 323 g/mol. The number of amides is 1. The maximum absolute atomic E-state index is 12.7. The number of hydrogen-bond donors (Lipinski definition) is 3. The molecule has 120 valence electrons. The first-order chi connectivity index (χ1) is 10.8. The summed E-state index contributed by atoms with van der Waals surface area (Å²) >= 11 is 0. The summed E-state index contributed by atoms with van der Waals surface area (Å²) in [6.07, 6.45) is -4.38. The predicted molar refractivity (Wildman–Crippen MR) is 77.4 cm³/mol. The monoisotopic (exact) mass is 323 g/mol. The number of carbonyl (C=O) groups is 1. The fourth-order valence-corrected chi connectivity index (χ4v) is 2.60. The molecule has 0 unspecified atom stereocenters. The van der Waals surface area contributed by atoms with Crippen LogP contribution >= 0.6 is 0 Å². The molecule has 1 atom stereocenters. The van der Waals surface area contributed by atoms with E-state index in [4.69, 9.17) is 11.5 Å². The standard InChI is InChI=1S/C14H12F3N5O/c15-14(16,17)7-3-1-6(2-4-7)8-5-9(23)20-12-10(8)11(18)21-13(19)22-12/h1-4,8H,5H2,(H5,18,19,20,21,22,23)/t8-/m1/s1. The van der Waals surface area contributed by atoms with Gasteiger partial charge in [-0.3, -0.25) is 4.79 Å². The summed E-state index contributed by atoms with van der Waals surface area (Å²) < 4.78 is 38.0. The van der Waals surface area contributed by atoms with E-state index in [1.807, 2.05) is 0 Å². The van der Waals surface area contributed by atoms with Crippen LogP contribution in [0.5, 0.6) is 0 Å². The number of nitrogens with two attached hydrogens (primary N) is 2. The van der Waals surface area contributed by atoms with Gasteiger partial charge in [-0.1, -0.05) is 12.1 Å². The molecule has 9 heteroatoms. The van der Waals surface area contributed by atoms with Gasteiger partial charge in [-0.15, -0.1) is 0 Å². The average Bonchev–Trinajstić information content (AvgIpc) is 2.44. The summed E-state index contributed by atoms with van der Waals surface area (Å²) in [5.74, 6) is -0.648. The predicted octanol–water partition coefficient (Wildman–Crippen LogP) is 2.13. The third-order valence-electron chi connectivity index (χ3n) is 3.63. The molecule has 1 aliphatic rings. The molecule has 2 heterocycles. The molecule has 0 saturated carbocycles. The summed E-state index contributed by atoms with van der Waals surface area (Å²) in [5, 5.41) is 2.55. The number of alkyl halides is 3. The topological polar surface area (TPSA) is 107 Å². The number of halogens is 3. The summed E-state index contributed by atoms with van der Waals surface area (Å²) in [6, 6.07) is 4.59. The summed E-state index contributed by atoms with van der Waals surface area (Å²) in [4.78, 5) is 19.6. The SMILES string of the molecule is Nc1nc(N)c2c(n1)NC(=O)C[C@@H]2c1ccc(C(F)(F)F)cc1. The van der Waals surface area contributed by atoms with Crippen LogP contribution in [0, 0.1) is 0 Å². The fourth-order valence-electron chi connectivity index (χ4n) is 2.60. The highest BCUT2D eigenvalue weighted by Gasteiger charge is 2.33. The van der Waals surface area contributed by atoms with E-state index in [2.05, 4.69) is 15.3 Å². The van der Waals surface area contributed by atoms with Crippen molar-refractivity contribution >= 4 is 23.5 Å². The van der Waals surface area contributed by atoms with Gasteiger partial charge in [0.1, 0.15) is 11.6 Å². The molecule has 1 aliphatic heterocycles. The van der Waals surface area contributed by atoms with Crippen LogP contribution < -0.4 is 16.8 Å². The maximum Gasteiger partial charge on any atom is 0.416 e. The van der Waals surface area contributed by atoms with Crippen molar-refractivity contribution in [2.75, 3.05) is 16.8 Å². The molecule has 0 spiro atoms. The van der Waals surface area contributed by atoms with Crippen molar-refractivity contribution in [3.63, 3.8) is 0 Å². The molecule has 1 amide bonds. The fraction of sp³-hybridized carbons (Fsp3) is 0.214. The van der Waals surface area contributed by atoms with E-state index in [1.165, 1.54) is 12.1 Å². The zero-order valence-corrected chi connectivity index (χ0v) is 11.7. The smallest absolute Gasteiger partial charge is 0.383 e. The number of anilines is 3. The van der Waals surface area contributed by atoms with Gasteiger partial charge < -0.3 is 16.8 Å². The van der Waals surface area contributed by atoms with Crippen LogP contribution in [0.15, 0.2) is 24.3 Å². The van der Waals surface area contributed by atoms with Crippen molar-refractivity contribution in [2.45, 2.75) is 18.5 Å². The van der Waals surface area contributed by atoms with E-state index in [9.17, 15) is 18.0 Å². The molecule has 1 aromatic heterocycles. The summed E-state index contributed by atoms with van der Waals surface area (Å²) in [7, 11) is 0. The van der Waals surface area contributed by atoms with Crippen molar-refractivity contribution in [2.24, 2.45) is 0 Å². The van der Waals surface area contributed by atoms with Crippen LogP contribution in [0.4, 0.5) is 30.8 Å². The van der Waals surface area contributed by atoms with E-state index in [0.717, 1.165) is 12.1 Å². The number of nitrogens with one attached hydrogen (secondary N) is 1. The Hall–Kier alpha value is -2.84. The number of hydrogen-bond acceptors (Lipinski definition) is 5. The highest BCUT2D eigenvalue weighted by molar-refractivity contribution is 5.95. The van der Waals surface area contributed by atoms with Crippen LogP contribution in [-0.2, 0) is 11.0 Å². The van der Waals surface area contributed by atoms with E-state index in [-0.39, 0.29) is 29.9 Å². The Morgan fingerprint density at radius 1 is 1.13 bits per heavy atom. The molecule has 0 saturated heterocycles. The first-order valence-electron chi connectivity index (χ1n) is 6.65.